The van der Waals surface area contributed by atoms with Gasteiger partial charge in [-0.25, -0.2) is 12.8 Å². The first-order chi connectivity index (χ1) is 10.6. The van der Waals surface area contributed by atoms with Crippen LogP contribution in [0.2, 0.25) is 5.02 Å². The summed E-state index contributed by atoms with van der Waals surface area (Å²) in [6.45, 7) is 1.94. The fourth-order valence-electron chi connectivity index (χ4n) is 2.74. The van der Waals surface area contributed by atoms with Crippen LogP contribution in [-0.2, 0) is 21.2 Å². The lowest BCUT2D eigenvalue weighted by Crippen LogP contribution is -2.49. The van der Waals surface area contributed by atoms with E-state index in [9.17, 15) is 17.6 Å². The van der Waals surface area contributed by atoms with Crippen molar-refractivity contribution in [2.75, 3.05) is 25.1 Å². The Balaban J connectivity index is 1.93. The minimum atomic E-state index is -3.08. The average Bonchev–Trinajstić information content (AvgIpc) is 2.67. The number of sulfone groups is 1. The van der Waals surface area contributed by atoms with E-state index in [0.717, 1.165) is 0 Å². The molecule has 1 aromatic carbocycles. The summed E-state index contributed by atoms with van der Waals surface area (Å²) in [6, 6.07) is 4.44. The second kappa shape index (κ2) is 6.75. The molecular formula is C15H20ClFN2O3S. The van der Waals surface area contributed by atoms with E-state index < -0.39 is 21.2 Å². The summed E-state index contributed by atoms with van der Waals surface area (Å²) in [6.07, 6.45) is 0.407. The van der Waals surface area contributed by atoms with Gasteiger partial charge in [-0.05, 0) is 32.5 Å². The first-order valence-electron chi connectivity index (χ1n) is 7.23. The Morgan fingerprint density at radius 3 is 2.74 bits per heavy atom. The standard InChI is InChI=1S/C15H20ClFN2O3S/c1-15(6-7-23(21,22)10-15)18-14(20)9-19(2)8-11-12(16)4-3-5-13(11)17/h3-5H,6-10H2,1-2H3,(H,18,20)/t15-/m0/s1. The fraction of sp³-hybridized carbons (Fsp3) is 0.533. The summed E-state index contributed by atoms with van der Waals surface area (Å²) in [5.74, 6) is -0.669. The second-order valence-electron chi connectivity index (χ2n) is 6.32. The van der Waals surface area contributed by atoms with Crippen LogP contribution in [0.4, 0.5) is 4.39 Å². The highest BCUT2D eigenvalue weighted by atomic mass is 35.5. The smallest absolute Gasteiger partial charge is 0.234 e. The summed E-state index contributed by atoms with van der Waals surface area (Å²) in [5, 5.41) is 3.08. The minimum absolute atomic E-state index is 0.0281. The minimum Gasteiger partial charge on any atom is -0.349 e. The van der Waals surface area contributed by atoms with Crippen LogP contribution in [0.5, 0.6) is 0 Å². The molecule has 23 heavy (non-hydrogen) atoms. The Bertz CT molecular complexity index is 690. The highest BCUT2D eigenvalue weighted by molar-refractivity contribution is 7.91. The summed E-state index contributed by atoms with van der Waals surface area (Å²) >= 11 is 5.97. The molecule has 5 nitrogen and oxygen atoms in total. The SMILES string of the molecule is CN(CC(=O)N[C@@]1(C)CCS(=O)(=O)C1)Cc1c(F)cccc1Cl. The van der Waals surface area contributed by atoms with Gasteiger partial charge in [0.1, 0.15) is 5.82 Å². The van der Waals surface area contributed by atoms with Gasteiger partial charge >= 0.3 is 0 Å². The largest absolute Gasteiger partial charge is 0.349 e. The summed E-state index contributed by atoms with van der Waals surface area (Å²) in [5.41, 5.74) is -0.397. The number of nitrogens with zero attached hydrogens (tertiary/aromatic N) is 1. The topological polar surface area (TPSA) is 66.5 Å². The van der Waals surface area contributed by atoms with Crippen molar-refractivity contribution in [3.63, 3.8) is 0 Å². The Kier molecular flexibility index (Phi) is 5.33. The lowest BCUT2D eigenvalue weighted by molar-refractivity contribution is -0.123. The molecular weight excluding hydrogens is 343 g/mol. The third-order valence-corrected chi connectivity index (χ3v) is 6.10. The first-order valence-corrected chi connectivity index (χ1v) is 9.43. The molecule has 1 aliphatic rings. The van der Waals surface area contributed by atoms with Crippen LogP contribution in [0.25, 0.3) is 0 Å². The van der Waals surface area contributed by atoms with Crippen molar-refractivity contribution in [1.82, 2.24) is 10.2 Å². The van der Waals surface area contributed by atoms with Gasteiger partial charge in [-0.1, -0.05) is 17.7 Å². The first kappa shape index (κ1) is 18.2. The molecule has 1 aromatic rings. The molecule has 0 saturated carbocycles. The third-order valence-electron chi connectivity index (χ3n) is 3.85. The van der Waals surface area contributed by atoms with Crippen LogP contribution in [0, 0.1) is 5.82 Å². The number of hydrogen-bond donors (Lipinski definition) is 1. The van der Waals surface area contributed by atoms with Crippen LogP contribution < -0.4 is 5.32 Å². The monoisotopic (exact) mass is 362 g/mol. The van der Waals surface area contributed by atoms with E-state index in [0.29, 0.717) is 17.0 Å². The quantitative estimate of drug-likeness (QED) is 0.864. The van der Waals surface area contributed by atoms with Crippen molar-refractivity contribution >= 4 is 27.3 Å². The summed E-state index contributed by atoms with van der Waals surface area (Å²) in [7, 11) is -1.41. The van der Waals surface area contributed by atoms with Gasteiger partial charge in [-0.2, -0.15) is 0 Å². The molecule has 0 unspecified atom stereocenters. The zero-order chi connectivity index (χ0) is 17.3. The van der Waals surface area contributed by atoms with Crippen LogP contribution >= 0.6 is 11.6 Å². The van der Waals surface area contributed by atoms with E-state index in [1.807, 2.05) is 0 Å². The molecule has 1 fully saturated rings. The molecule has 0 aromatic heterocycles. The van der Waals surface area contributed by atoms with Crippen molar-refractivity contribution in [3.8, 4) is 0 Å². The van der Waals surface area contributed by atoms with Crippen molar-refractivity contribution in [2.45, 2.75) is 25.4 Å². The number of halogens is 2. The molecule has 0 bridgehead atoms. The van der Waals surface area contributed by atoms with E-state index in [-0.39, 0.29) is 30.5 Å². The second-order valence-corrected chi connectivity index (χ2v) is 8.91. The molecule has 1 aliphatic heterocycles. The van der Waals surface area contributed by atoms with Crippen molar-refractivity contribution in [1.29, 1.82) is 0 Å². The zero-order valence-electron chi connectivity index (χ0n) is 13.1. The lowest BCUT2D eigenvalue weighted by atomic mass is 10.0. The lowest BCUT2D eigenvalue weighted by Gasteiger charge is -2.26. The van der Waals surface area contributed by atoms with Gasteiger partial charge in [0.15, 0.2) is 9.84 Å². The van der Waals surface area contributed by atoms with E-state index in [1.165, 1.54) is 12.1 Å². The molecule has 1 N–H and O–H groups in total. The maximum atomic E-state index is 13.7. The third kappa shape index (κ3) is 4.89. The molecule has 1 amide bonds. The van der Waals surface area contributed by atoms with Crippen LogP contribution in [0.1, 0.15) is 18.9 Å². The molecule has 0 aliphatic carbocycles. The molecule has 128 valence electrons. The normalized spacial score (nSPS) is 23.2. The molecule has 0 spiro atoms. The molecule has 1 atom stereocenters. The number of benzene rings is 1. The number of carbonyl (C=O) groups excluding carboxylic acids is 1. The van der Waals surface area contributed by atoms with E-state index in [2.05, 4.69) is 5.32 Å². The van der Waals surface area contributed by atoms with Crippen molar-refractivity contribution in [3.05, 3.63) is 34.6 Å². The summed E-state index contributed by atoms with van der Waals surface area (Å²) in [4.78, 5) is 13.7. The van der Waals surface area contributed by atoms with E-state index in [4.69, 9.17) is 11.6 Å². The number of amides is 1. The molecule has 8 heteroatoms. The Morgan fingerprint density at radius 2 is 2.17 bits per heavy atom. The van der Waals surface area contributed by atoms with Gasteiger partial charge < -0.3 is 5.32 Å². The van der Waals surface area contributed by atoms with Gasteiger partial charge in [-0.15, -0.1) is 0 Å². The zero-order valence-corrected chi connectivity index (χ0v) is 14.7. The van der Waals surface area contributed by atoms with E-state index in [1.54, 1.807) is 24.9 Å². The highest BCUT2D eigenvalue weighted by Crippen LogP contribution is 2.23. The van der Waals surface area contributed by atoms with Crippen LogP contribution in [0.3, 0.4) is 0 Å². The number of nitrogens with one attached hydrogen (secondary N) is 1. The van der Waals surface area contributed by atoms with Gasteiger partial charge in [0, 0.05) is 17.1 Å². The number of likely N-dealkylation sites (N-methyl/N-ethyl adjacent to an activating group) is 1. The van der Waals surface area contributed by atoms with Gasteiger partial charge in [0.2, 0.25) is 5.91 Å². The maximum absolute atomic E-state index is 13.7. The summed E-state index contributed by atoms with van der Waals surface area (Å²) < 4.78 is 36.8. The predicted molar refractivity (Wildman–Crippen MR) is 87.6 cm³/mol. The van der Waals surface area contributed by atoms with Crippen LogP contribution in [-0.4, -0.2) is 49.9 Å². The molecule has 0 radical (unpaired) electrons. The van der Waals surface area contributed by atoms with Gasteiger partial charge in [0.05, 0.1) is 23.6 Å². The number of rotatable bonds is 5. The van der Waals surface area contributed by atoms with Gasteiger partial charge in [-0.3, -0.25) is 9.69 Å². The molecule has 1 heterocycles. The van der Waals surface area contributed by atoms with Crippen molar-refractivity contribution < 1.29 is 17.6 Å². The van der Waals surface area contributed by atoms with E-state index >= 15 is 0 Å². The van der Waals surface area contributed by atoms with Gasteiger partial charge in [0.25, 0.3) is 0 Å². The highest BCUT2D eigenvalue weighted by Gasteiger charge is 2.39. The number of hydrogen-bond acceptors (Lipinski definition) is 4. The Labute approximate surface area is 140 Å². The molecule has 1 saturated heterocycles. The predicted octanol–water partition coefficient (Wildman–Crippen LogP) is 1.60. The average molecular weight is 363 g/mol. The Hall–Kier alpha value is -1.18. The van der Waals surface area contributed by atoms with Crippen LogP contribution in [0.15, 0.2) is 18.2 Å². The maximum Gasteiger partial charge on any atom is 0.234 e. The van der Waals surface area contributed by atoms with Crippen molar-refractivity contribution in [2.24, 2.45) is 0 Å². The molecule has 2 rings (SSSR count). The fourth-order valence-corrected chi connectivity index (χ4v) is 5.06. The number of carbonyl (C=O) groups is 1. The Morgan fingerprint density at radius 1 is 1.48 bits per heavy atom.